The molecule has 1 rings (SSSR count). The normalized spacial score (nSPS) is 15.9. The van der Waals surface area contributed by atoms with E-state index in [2.05, 4.69) is 38.8 Å². The summed E-state index contributed by atoms with van der Waals surface area (Å²) in [5.74, 6) is 0. The van der Waals surface area contributed by atoms with Crippen LogP contribution in [0.3, 0.4) is 0 Å². The van der Waals surface area contributed by atoms with Gasteiger partial charge in [0.25, 0.3) is 0 Å². The third-order valence-corrected chi connectivity index (χ3v) is 9.32. The summed E-state index contributed by atoms with van der Waals surface area (Å²) in [6, 6.07) is 0. The van der Waals surface area contributed by atoms with Gasteiger partial charge in [0.1, 0.15) is 6.10 Å². The molecule has 0 saturated heterocycles. The van der Waals surface area contributed by atoms with Crippen molar-refractivity contribution in [1.29, 1.82) is 0 Å². The van der Waals surface area contributed by atoms with Crippen LogP contribution < -0.4 is 0 Å². The van der Waals surface area contributed by atoms with Crippen molar-refractivity contribution in [2.75, 3.05) is 7.11 Å². The van der Waals surface area contributed by atoms with Gasteiger partial charge in [0.2, 0.25) is 0 Å². The van der Waals surface area contributed by atoms with Crippen molar-refractivity contribution in [2.45, 2.75) is 58.0 Å². The molecule has 21 heavy (non-hydrogen) atoms. The molecule has 1 heterocycles. The molecule has 0 N–H and O–H groups in total. The van der Waals surface area contributed by atoms with Crippen molar-refractivity contribution < 1.29 is 9.16 Å². The number of nitrogens with zero attached hydrogens (tertiary/aromatic N) is 1. The van der Waals surface area contributed by atoms with Crippen LogP contribution in [0.1, 0.15) is 39.4 Å². The van der Waals surface area contributed by atoms with Gasteiger partial charge in [0.15, 0.2) is 8.32 Å². The Kier molecular flexibility index (Phi) is 6.27. The van der Waals surface area contributed by atoms with Crippen molar-refractivity contribution in [2.24, 2.45) is 0 Å². The molecule has 0 spiro atoms. The van der Waals surface area contributed by atoms with Crippen molar-refractivity contribution >= 4 is 31.5 Å². The number of rotatable bonds is 5. The van der Waals surface area contributed by atoms with E-state index in [9.17, 15) is 0 Å². The van der Waals surface area contributed by atoms with Crippen LogP contribution in [0.2, 0.25) is 28.2 Å². The molecular formula is C15H25Cl2NO2Si. The zero-order valence-electron chi connectivity index (χ0n) is 13.8. The Hall–Kier alpha value is -0.133. The smallest absolute Gasteiger partial charge is 0.192 e. The molecule has 0 aliphatic rings. The first-order valence-corrected chi connectivity index (χ1v) is 10.7. The van der Waals surface area contributed by atoms with Gasteiger partial charge in [-0.2, -0.15) is 0 Å². The minimum atomic E-state index is -1.90. The zero-order valence-corrected chi connectivity index (χ0v) is 16.3. The van der Waals surface area contributed by atoms with Crippen molar-refractivity contribution in [1.82, 2.24) is 4.98 Å². The van der Waals surface area contributed by atoms with Crippen LogP contribution in [0.25, 0.3) is 0 Å². The quantitative estimate of drug-likeness (QED) is 0.658. The Labute approximate surface area is 139 Å². The van der Waals surface area contributed by atoms with E-state index in [0.717, 1.165) is 5.56 Å². The van der Waals surface area contributed by atoms with Gasteiger partial charge in [-0.1, -0.05) is 44.0 Å². The lowest BCUT2D eigenvalue weighted by atomic mass is 10.1. The molecule has 0 aromatic carbocycles. The van der Waals surface area contributed by atoms with Gasteiger partial charge in [-0.15, -0.1) is 0 Å². The molecule has 0 aliphatic carbocycles. The fraction of sp³-hybridized carbons (Fsp3) is 0.667. The summed E-state index contributed by atoms with van der Waals surface area (Å²) in [4.78, 5) is 3.98. The van der Waals surface area contributed by atoms with Crippen LogP contribution in [-0.2, 0) is 9.16 Å². The molecule has 1 aromatic rings. The van der Waals surface area contributed by atoms with E-state index < -0.39 is 8.32 Å². The first-order valence-electron chi connectivity index (χ1n) is 7.00. The topological polar surface area (TPSA) is 31.4 Å². The van der Waals surface area contributed by atoms with Gasteiger partial charge >= 0.3 is 0 Å². The van der Waals surface area contributed by atoms with Gasteiger partial charge in [0, 0.05) is 25.1 Å². The van der Waals surface area contributed by atoms with Crippen LogP contribution in [0, 0.1) is 0 Å². The Morgan fingerprint density at radius 2 is 1.62 bits per heavy atom. The molecule has 1 aromatic heterocycles. The largest absolute Gasteiger partial charge is 0.411 e. The fourth-order valence-corrected chi connectivity index (χ4v) is 3.93. The number of ether oxygens (including phenoxy) is 1. The Morgan fingerprint density at radius 3 is 2.00 bits per heavy atom. The number of pyridine rings is 1. The van der Waals surface area contributed by atoms with Crippen LogP contribution in [0.5, 0.6) is 0 Å². The predicted molar refractivity (Wildman–Crippen MR) is 91.8 cm³/mol. The summed E-state index contributed by atoms with van der Waals surface area (Å²) in [6.07, 6.45) is 2.69. The molecule has 2 atom stereocenters. The minimum Gasteiger partial charge on any atom is -0.411 e. The van der Waals surface area contributed by atoms with Gasteiger partial charge in [-0.25, -0.2) is 0 Å². The highest BCUT2D eigenvalue weighted by Crippen LogP contribution is 2.40. The predicted octanol–water partition coefficient (Wildman–Crippen LogP) is 5.49. The molecule has 0 radical (unpaired) electrons. The van der Waals surface area contributed by atoms with E-state index in [-0.39, 0.29) is 17.2 Å². The summed E-state index contributed by atoms with van der Waals surface area (Å²) in [5.41, 5.74) is 0.738. The molecule has 3 nitrogen and oxygen atoms in total. The molecule has 2 unspecified atom stereocenters. The lowest BCUT2D eigenvalue weighted by Crippen LogP contribution is -2.44. The first-order chi connectivity index (χ1) is 9.51. The highest BCUT2D eigenvalue weighted by molar-refractivity contribution is 6.74. The highest BCUT2D eigenvalue weighted by atomic mass is 35.5. The molecule has 0 amide bonds. The summed E-state index contributed by atoms with van der Waals surface area (Å²) >= 11 is 12.5. The maximum absolute atomic E-state index is 6.40. The maximum atomic E-state index is 6.40. The lowest BCUT2D eigenvalue weighted by molar-refractivity contribution is 0.00301. The molecule has 0 fully saturated rings. The Balaban J connectivity index is 3.06. The second-order valence-electron chi connectivity index (χ2n) is 6.76. The monoisotopic (exact) mass is 349 g/mol. The van der Waals surface area contributed by atoms with E-state index in [1.807, 2.05) is 6.92 Å². The number of hydrogen-bond acceptors (Lipinski definition) is 3. The molecule has 0 saturated carbocycles. The average Bonchev–Trinajstić information content (AvgIpc) is 2.31. The van der Waals surface area contributed by atoms with E-state index in [0.29, 0.717) is 10.0 Å². The van der Waals surface area contributed by atoms with Gasteiger partial charge in [-0.05, 0) is 25.1 Å². The lowest BCUT2D eigenvalue weighted by Gasteiger charge is -2.40. The number of hydrogen-bond donors (Lipinski definition) is 0. The molecular weight excluding hydrogens is 325 g/mol. The van der Waals surface area contributed by atoms with Crippen LogP contribution in [0.4, 0.5) is 0 Å². The molecule has 6 heteroatoms. The fourth-order valence-electron chi connectivity index (χ4n) is 1.94. The van der Waals surface area contributed by atoms with Crippen LogP contribution in [-0.4, -0.2) is 26.5 Å². The van der Waals surface area contributed by atoms with E-state index in [4.69, 9.17) is 32.4 Å². The Morgan fingerprint density at radius 1 is 1.14 bits per heavy atom. The van der Waals surface area contributed by atoms with E-state index >= 15 is 0 Å². The first kappa shape index (κ1) is 18.9. The van der Waals surface area contributed by atoms with Gasteiger partial charge in [-0.3, -0.25) is 4.98 Å². The standard InChI is InChI=1S/C15H25Cl2NO2Si/c1-10(20-21(6,7)15(2,3)4)14(19-5)13-11(16)8-18-9-12(13)17/h8-10,14H,1-7H3. The summed E-state index contributed by atoms with van der Waals surface area (Å²) in [5, 5.41) is 1.13. The van der Waals surface area contributed by atoms with Crippen molar-refractivity contribution in [3.05, 3.63) is 28.0 Å². The van der Waals surface area contributed by atoms with Crippen LogP contribution >= 0.6 is 23.2 Å². The maximum Gasteiger partial charge on any atom is 0.192 e. The molecule has 0 bridgehead atoms. The summed E-state index contributed by atoms with van der Waals surface area (Å²) in [6.45, 7) is 13.1. The second-order valence-corrected chi connectivity index (χ2v) is 12.3. The van der Waals surface area contributed by atoms with E-state index in [1.54, 1.807) is 19.5 Å². The van der Waals surface area contributed by atoms with Crippen molar-refractivity contribution in [3.63, 3.8) is 0 Å². The van der Waals surface area contributed by atoms with Gasteiger partial charge < -0.3 is 9.16 Å². The molecule has 120 valence electrons. The minimum absolute atomic E-state index is 0.130. The zero-order chi connectivity index (χ0) is 16.4. The number of halogens is 2. The third-order valence-electron chi connectivity index (χ3n) is 4.14. The summed E-state index contributed by atoms with van der Waals surface area (Å²) < 4.78 is 12.0. The van der Waals surface area contributed by atoms with Gasteiger partial charge in [0.05, 0.1) is 16.1 Å². The SMILES string of the molecule is COC(c1c(Cl)cncc1Cl)C(C)O[Si](C)(C)C(C)(C)C. The van der Waals surface area contributed by atoms with Crippen LogP contribution in [0.15, 0.2) is 12.4 Å². The highest BCUT2D eigenvalue weighted by Gasteiger charge is 2.40. The summed E-state index contributed by atoms with van der Waals surface area (Å²) in [7, 11) is -0.254. The number of aromatic nitrogens is 1. The van der Waals surface area contributed by atoms with Crippen molar-refractivity contribution in [3.8, 4) is 0 Å². The number of methoxy groups -OCH3 is 1. The van der Waals surface area contributed by atoms with E-state index in [1.165, 1.54) is 0 Å². The second kappa shape index (κ2) is 6.96. The third kappa shape index (κ3) is 4.42. The average molecular weight is 350 g/mol. The molecule has 0 aliphatic heterocycles. The Bertz CT molecular complexity index is 469.